The molecule has 4 aliphatic carbocycles. The second-order valence-electron chi connectivity index (χ2n) is 8.56. The lowest BCUT2D eigenvalue weighted by Crippen LogP contribution is -2.60. The van der Waals surface area contributed by atoms with Crippen molar-refractivity contribution < 1.29 is 15.0 Å². The van der Waals surface area contributed by atoms with E-state index in [1.54, 1.807) is 0 Å². The first kappa shape index (κ1) is 14.9. The highest BCUT2D eigenvalue weighted by Gasteiger charge is 2.60. The molecule has 0 aromatic rings. The van der Waals surface area contributed by atoms with Gasteiger partial charge < -0.3 is 10.2 Å². The molecule has 4 rings (SSSR count). The molecule has 3 saturated carbocycles. The smallest absolute Gasteiger partial charge is 0.174 e. The SMILES string of the molecule is CC1=C2C[C@@H](CC1)C[C@H]1[C@H]3CC[C@H]3CC(O)[C@@]1(C)C(=O)C2O. The largest absolute Gasteiger partial charge is 0.392 e. The normalized spacial score (nSPS) is 51.4. The Balaban J connectivity index is 1.78. The Morgan fingerprint density at radius 1 is 1.14 bits per heavy atom. The van der Waals surface area contributed by atoms with Crippen molar-refractivity contribution in [3.63, 3.8) is 0 Å². The van der Waals surface area contributed by atoms with E-state index in [0.717, 1.165) is 31.3 Å². The molecule has 4 aliphatic rings. The molecule has 122 valence electrons. The van der Waals surface area contributed by atoms with Crippen LogP contribution in [0.4, 0.5) is 0 Å². The van der Waals surface area contributed by atoms with Crippen LogP contribution in [0.3, 0.4) is 0 Å². The third kappa shape index (κ3) is 1.85. The Bertz CT molecular complexity index is 537. The second kappa shape index (κ2) is 4.91. The maximum Gasteiger partial charge on any atom is 0.174 e. The Morgan fingerprint density at radius 3 is 2.59 bits per heavy atom. The molecule has 0 saturated heterocycles. The minimum atomic E-state index is -0.984. The van der Waals surface area contributed by atoms with Crippen LogP contribution in [-0.4, -0.2) is 28.2 Å². The van der Waals surface area contributed by atoms with E-state index in [0.29, 0.717) is 17.8 Å². The quantitative estimate of drug-likeness (QED) is 0.677. The highest BCUT2D eigenvalue weighted by Crippen LogP contribution is 2.59. The Morgan fingerprint density at radius 2 is 1.91 bits per heavy atom. The zero-order valence-electron chi connectivity index (χ0n) is 13.7. The predicted molar refractivity (Wildman–Crippen MR) is 84.1 cm³/mol. The molecule has 0 heterocycles. The highest BCUT2D eigenvalue weighted by molar-refractivity contribution is 5.92. The van der Waals surface area contributed by atoms with Crippen molar-refractivity contribution in [1.82, 2.24) is 0 Å². The van der Waals surface area contributed by atoms with Gasteiger partial charge in [-0.2, -0.15) is 0 Å². The highest BCUT2D eigenvalue weighted by atomic mass is 16.3. The molecule has 22 heavy (non-hydrogen) atoms. The summed E-state index contributed by atoms with van der Waals surface area (Å²) in [5, 5.41) is 21.5. The number of fused-ring (bicyclic) bond motifs is 5. The molecular formula is C19H28O3. The Hall–Kier alpha value is -0.670. The molecule has 3 fully saturated rings. The average Bonchev–Trinajstić information content (AvgIpc) is 2.48. The molecule has 3 heteroatoms. The minimum absolute atomic E-state index is 0.106. The molecule has 7 atom stereocenters. The first-order chi connectivity index (χ1) is 10.4. The van der Waals surface area contributed by atoms with Crippen molar-refractivity contribution in [3.8, 4) is 0 Å². The van der Waals surface area contributed by atoms with Gasteiger partial charge in [-0.15, -0.1) is 0 Å². The van der Waals surface area contributed by atoms with E-state index < -0.39 is 17.6 Å². The van der Waals surface area contributed by atoms with Gasteiger partial charge in [-0.25, -0.2) is 0 Å². The maximum absolute atomic E-state index is 13.1. The van der Waals surface area contributed by atoms with Crippen molar-refractivity contribution in [2.24, 2.45) is 29.1 Å². The minimum Gasteiger partial charge on any atom is -0.392 e. The number of ketones is 1. The Labute approximate surface area is 132 Å². The van der Waals surface area contributed by atoms with Crippen molar-refractivity contribution in [2.75, 3.05) is 0 Å². The fourth-order valence-electron chi connectivity index (χ4n) is 5.93. The lowest BCUT2D eigenvalue weighted by Gasteiger charge is -2.58. The summed E-state index contributed by atoms with van der Waals surface area (Å²) in [7, 11) is 0. The van der Waals surface area contributed by atoms with Crippen LogP contribution in [0.2, 0.25) is 0 Å². The number of carbonyl (C=O) groups excluding carboxylic acids is 1. The molecule has 2 bridgehead atoms. The summed E-state index contributed by atoms with van der Waals surface area (Å²) in [6, 6.07) is 0. The summed E-state index contributed by atoms with van der Waals surface area (Å²) in [6.45, 7) is 4.00. The van der Waals surface area contributed by atoms with Gasteiger partial charge in [0.05, 0.1) is 11.5 Å². The van der Waals surface area contributed by atoms with Gasteiger partial charge in [0.25, 0.3) is 0 Å². The van der Waals surface area contributed by atoms with Crippen LogP contribution in [0.1, 0.15) is 58.8 Å². The van der Waals surface area contributed by atoms with Crippen LogP contribution in [0.25, 0.3) is 0 Å². The van der Waals surface area contributed by atoms with Gasteiger partial charge in [0, 0.05) is 0 Å². The summed E-state index contributed by atoms with van der Waals surface area (Å²) in [4.78, 5) is 13.1. The van der Waals surface area contributed by atoms with Crippen molar-refractivity contribution in [2.45, 2.75) is 71.0 Å². The average molecular weight is 304 g/mol. The fourth-order valence-corrected chi connectivity index (χ4v) is 5.93. The third-order valence-corrected chi connectivity index (χ3v) is 7.66. The first-order valence-corrected chi connectivity index (χ1v) is 9.01. The molecule has 3 nitrogen and oxygen atoms in total. The van der Waals surface area contributed by atoms with Crippen molar-refractivity contribution in [1.29, 1.82) is 0 Å². The maximum atomic E-state index is 13.1. The standard InChI is InChI=1S/C19H28O3/c1-10-3-4-11-7-14(10)17(21)18(22)19(2)15(8-11)13-6-5-12(13)9-16(19)20/h11-13,15-17,20-21H,3-9H2,1-2H3/t11-,12+,13+,15+,16?,17?,19+/m1/s1. The number of hydrogen-bond donors (Lipinski definition) is 2. The number of Topliss-reactive ketones (excluding diaryl/α,β-unsaturated/α-hetero) is 1. The topological polar surface area (TPSA) is 57.5 Å². The molecule has 2 unspecified atom stereocenters. The molecular weight excluding hydrogens is 276 g/mol. The van der Waals surface area contributed by atoms with Crippen LogP contribution in [0.5, 0.6) is 0 Å². The monoisotopic (exact) mass is 304 g/mol. The van der Waals surface area contributed by atoms with E-state index in [9.17, 15) is 15.0 Å². The fraction of sp³-hybridized carbons (Fsp3) is 0.842. The van der Waals surface area contributed by atoms with Gasteiger partial charge in [-0.05, 0) is 88.0 Å². The number of aliphatic hydroxyl groups is 2. The number of aliphatic hydroxyl groups excluding tert-OH is 2. The van der Waals surface area contributed by atoms with E-state index in [-0.39, 0.29) is 11.7 Å². The van der Waals surface area contributed by atoms with Gasteiger partial charge in [0.15, 0.2) is 5.78 Å². The second-order valence-corrected chi connectivity index (χ2v) is 8.56. The molecule has 0 aromatic heterocycles. The molecule has 0 aliphatic heterocycles. The molecule has 0 radical (unpaired) electrons. The first-order valence-electron chi connectivity index (χ1n) is 9.01. The van der Waals surface area contributed by atoms with Crippen LogP contribution in [0, 0.1) is 29.1 Å². The predicted octanol–water partition coefficient (Wildman–Crippen LogP) is 2.85. The van der Waals surface area contributed by atoms with E-state index in [4.69, 9.17) is 0 Å². The summed E-state index contributed by atoms with van der Waals surface area (Å²) in [5.74, 6) is 1.94. The lowest BCUT2D eigenvalue weighted by atomic mass is 9.47. The third-order valence-electron chi connectivity index (χ3n) is 7.66. The van der Waals surface area contributed by atoms with Crippen LogP contribution < -0.4 is 0 Å². The molecule has 0 spiro atoms. The van der Waals surface area contributed by atoms with Crippen molar-refractivity contribution in [3.05, 3.63) is 11.1 Å². The van der Waals surface area contributed by atoms with Gasteiger partial charge >= 0.3 is 0 Å². The number of allylic oxidation sites excluding steroid dienone is 1. The number of hydrogen-bond acceptors (Lipinski definition) is 3. The molecule has 2 N–H and O–H groups in total. The van der Waals surface area contributed by atoms with Gasteiger partial charge in [-0.1, -0.05) is 5.57 Å². The summed E-state index contributed by atoms with van der Waals surface area (Å²) < 4.78 is 0. The number of rotatable bonds is 0. The zero-order chi connectivity index (χ0) is 15.6. The van der Waals surface area contributed by atoms with Gasteiger partial charge in [0.2, 0.25) is 0 Å². The van der Waals surface area contributed by atoms with E-state index in [2.05, 4.69) is 6.92 Å². The van der Waals surface area contributed by atoms with Crippen molar-refractivity contribution >= 4 is 5.78 Å². The van der Waals surface area contributed by atoms with E-state index >= 15 is 0 Å². The molecule has 0 aromatic carbocycles. The van der Waals surface area contributed by atoms with Crippen LogP contribution in [0.15, 0.2) is 11.1 Å². The van der Waals surface area contributed by atoms with E-state index in [1.165, 1.54) is 24.8 Å². The number of carbonyl (C=O) groups is 1. The summed E-state index contributed by atoms with van der Waals surface area (Å²) >= 11 is 0. The summed E-state index contributed by atoms with van der Waals surface area (Å²) in [5.41, 5.74) is 1.41. The Kier molecular flexibility index (Phi) is 3.32. The lowest BCUT2D eigenvalue weighted by molar-refractivity contribution is -0.172. The van der Waals surface area contributed by atoms with Crippen LogP contribution in [-0.2, 0) is 4.79 Å². The van der Waals surface area contributed by atoms with E-state index in [1.807, 2.05) is 6.92 Å². The zero-order valence-corrected chi connectivity index (χ0v) is 13.7. The van der Waals surface area contributed by atoms with Gasteiger partial charge in [0.1, 0.15) is 6.10 Å². The van der Waals surface area contributed by atoms with Gasteiger partial charge in [-0.3, -0.25) is 4.79 Å². The summed E-state index contributed by atoms with van der Waals surface area (Å²) in [6.07, 6.45) is 5.74. The van der Waals surface area contributed by atoms with Crippen LogP contribution >= 0.6 is 0 Å². The molecule has 0 amide bonds.